The van der Waals surface area contributed by atoms with Crippen molar-refractivity contribution in [1.29, 1.82) is 0 Å². The van der Waals surface area contributed by atoms with Gasteiger partial charge in [0, 0.05) is 11.6 Å². The van der Waals surface area contributed by atoms with Crippen LogP contribution in [0.25, 0.3) is 0 Å². The topological polar surface area (TPSA) is 21.3 Å². The van der Waals surface area contributed by atoms with Gasteiger partial charge in [-0.3, -0.25) is 0 Å². The minimum atomic E-state index is 0.877. The lowest BCUT2D eigenvalue weighted by molar-refractivity contribution is 0.414. The minimum Gasteiger partial charge on any atom is -0.497 e. The first kappa shape index (κ1) is 15.9. The van der Waals surface area contributed by atoms with Crippen LogP contribution in [0.3, 0.4) is 0 Å². The average Bonchev–Trinajstić information content (AvgIpc) is 2.52. The van der Waals surface area contributed by atoms with E-state index in [1.807, 2.05) is 30.3 Å². The van der Waals surface area contributed by atoms with Gasteiger partial charge in [-0.1, -0.05) is 41.9 Å². The van der Waals surface area contributed by atoms with Gasteiger partial charge < -0.3 is 10.1 Å². The molecular weight excluding hydrogens is 282 g/mol. The second-order valence-corrected chi connectivity index (χ2v) is 5.48. The van der Waals surface area contributed by atoms with Crippen LogP contribution >= 0.6 is 11.6 Å². The van der Waals surface area contributed by atoms with Gasteiger partial charge in [0.1, 0.15) is 5.75 Å². The fourth-order valence-corrected chi connectivity index (χ4v) is 2.51. The Bertz CT molecular complexity index is 556. The largest absolute Gasteiger partial charge is 0.497 e. The first-order chi connectivity index (χ1) is 10.3. The van der Waals surface area contributed by atoms with Crippen LogP contribution in [0.4, 0.5) is 0 Å². The zero-order valence-corrected chi connectivity index (χ0v) is 13.2. The van der Waals surface area contributed by atoms with Crippen molar-refractivity contribution in [1.82, 2.24) is 5.32 Å². The zero-order valence-electron chi connectivity index (χ0n) is 12.4. The molecule has 0 unspecified atom stereocenters. The average molecular weight is 304 g/mol. The standard InChI is InChI=1S/C18H22ClNO/c1-21-17-10-6-7-15(13-17)14-20-12-5-4-9-16-8-2-3-11-18(16)19/h2-3,6-8,10-11,13,20H,4-5,9,12,14H2,1H3. The van der Waals surface area contributed by atoms with E-state index in [4.69, 9.17) is 16.3 Å². The van der Waals surface area contributed by atoms with Crippen molar-refractivity contribution in [3.05, 3.63) is 64.7 Å². The van der Waals surface area contributed by atoms with Gasteiger partial charge in [0.05, 0.1) is 7.11 Å². The monoisotopic (exact) mass is 303 g/mol. The molecule has 112 valence electrons. The number of ether oxygens (including phenoxy) is 1. The SMILES string of the molecule is COc1cccc(CNCCCCc2ccccc2Cl)c1. The first-order valence-electron chi connectivity index (χ1n) is 7.36. The van der Waals surface area contributed by atoms with Crippen LogP contribution in [-0.4, -0.2) is 13.7 Å². The molecule has 0 amide bonds. The van der Waals surface area contributed by atoms with Gasteiger partial charge in [-0.2, -0.15) is 0 Å². The highest BCUT2D eigenvalue weighted by molar-refractivity contribution is 6.31. The molecule has 0 aliphatic rings. The quantitative estimate of drug-likeness (QED) is 0.727. The van der Waals surface area contributed by atoms with Crippen LogP contribution in [-0.2, 0) is 13.0 Å². The lowest BCUT2D eigenvalue weighted by Gasteiger charge is -2.07. The smallest absolute Gasteiger partial charge is 0.119 e. The van der Waals surface area contributed by atoms with Gasteiger partial charge in [-0.05, 0) is 55.1 Å². The summed E-state index contributed by atoms with van der Waals surface area (Å²) in [4.78, 5) is 0. The van der Waals surface area contributed by atoms with E-state index in [9.17, 15) is 0 Å². The van der Waals surface area contributed by atoms with Crippen LogP contribution in [0.5, 0.6) is 5.75 Å². The molecule has 21 heavy (non-hydrogen) atoms. The van der Waals surface area contributed by atoms with E-state index in [0.29, 0.717) is 0 Å². The number of aryl methyl sites for hydroxylation is 1. The third-order valence-corrected chi connectivity index (χ3v) is 3.84. The van der Waals surface area contributed by atoms with Crippen LogP contribution in [0.2, 0.25) is 5.02 Å². The molecule has 3 heteroatoms. The summed E-state index contributed by atoms with van der Waals surface area (Å²) < 4.78 is 5.22. The highest BCUT2D eigenvalue weighted by atomic mass is 35.5. The minimum absolute atomic E-state index is 0.877. The second kappa shape index (κ2) is 8.71. The van der Waals surface area contributed by atoms with Crippen molar-refractivity contribution in [2.75, 3.05) is 13.7 Å². The summed E-state index contributed by atoms with van der Waals surface area (Å²) in [7, 11) is 1.70. The number of rotatable bonds is 8. The molecule has 0 atom stereocenters. The zero-order chi connectivity index (χ0) is 14.9. The highest BCUT2D eigenvalue weighted by Gasteiger charge is 1.99. The second-order valence-electron chi connectivity index (χ2n) is 5.08. The Morgan fingerprint density at radius 3 is 2.71 bits per heavy atom. The molecule has 0 aliphatic heterocycles. The molecule has 2 aromatic carbocycles. The van der Waals surface area contributed by atoms with Gasteiger partial charge in [0.25, 0.3) is 0 Å². The first-order valence-corrected chi connectivity index (χ1v) is 7.74. The van der Waals surface area contributed by atoms with Crippen molar-refractivity contribution >= 4 is 11.6 Å². The third-order valence-electron chi connectivity index (χ3n) is 3.47. The summed E-state index contributed by atoms with van der Waals surface area (Å²) in [5.74, 6) is 0.910. The molecule has 1 N–H and O–H groups in total. The van der Waals surface area contributed by atoms with E-state index in [1.54, 1.807) is 7.11 Å². The Labute approximate surface area is 132 Å². The number of hydrogen-bond acceptors (Lipinski definition) is 2. The number of hydrogen-bond donors (Lipinski definition) is 1. The molecule has 0 spiro atoms. The molecule has 2 aromatic rings. The molecule has 0 saturated heterocycles. The van der Waals surface area contributed by atoms with E-state index < -0.39 is 0 Å². The molecule has 0 radical (unpaired) electrons. The third kappa shape index (κ3) is 5.41. The fourth-order valence-electron chi connectivity index (χ4n) is 2.28. The van der Waals surface area contributed by atoms with E-state index in [2.05, 4.69) is 23.5 Å². The van der Waals surface area contributed by atoms with E-state index in [-0.39, 0.29) is 0 Å². The Kier molecular flexibility index (Phi) is 6.58. The maximum Gasteiger partial charge on any atom is 0.119 e. The molecule has 0 aromatic heterocycles. The molecule has 0 heterocycles. The maximum absolute atomic E-state index is 6.15. The Morgan fingerprint density at radius 2 is 1.90 bits per heavy atom. The van der Waals surface area contributed by atoms with Crippen LogP contribution < -0.4 is 10.1 Å². The summed E-state index contributed by atoms with van der Waals surface area (Å²) in [6.07, 6.45) is 3.34. The maximum atomic E-state index is 6.15. The molecule has 0 aliphatic carbocycles. The van der Waals surface area contributed by atoms with Gasteiger partial charge >= 0.3 is 0 Å². The van der Waals surface area contributed by atoms with Crippen LogP contribution in [0.1, 0.15) is 24.0 Å². The number of benzene rings is 2. The number of unbranched alkanes of at least 4 members (excludes halogenated alkanes) is 1. The van der Waals surface area contributed by atoms with Crippen molar-refractivity contribution < 1.29 is 4.74 Å². The Morgan fingerprint density at radius 1 is 1.05 bits per heavy atom. The molecule has 2 nitrogen and oxygen atoms in total. The molecule has 0 saturated carbocycles. The van der Waals surface area contributed by atoms with E-state index in [0.717, 1.165) is 43.1 Å². The molecule has 2 rings (SSSR count). The summed E-state index contributed by atoms with van der Waals surface area (Å²) in [6.45, 7) is 1.89. The lowest BCUT2D eigenvalue weighted by Crippen LogP contribution is -2.14. The molecule has 0 fully saturated rings. The van der Waals surface area contributed by atoms with Crippen LogP contribution in [0, 0.1) is 0 Å². The van der Waals surface area contributed by atoms with Gasteiger partial charge in [0.2, 0.25) is 0 Å². The summed E-state index contributed by atoms with van der Waals surface area (Å²) in [6, 6.07) is 16.2. The van der Waals surface area contributed by atoms with Crippen molar-refractivity contribution in [3.8, 4) is 5.75 Å². The Hall–Kier alpha value is -1.51. The summed E-state index contributed by atoms with van der Waals surface area (Å²) in [5.41, 5.74) is 2.49. The Balaban J connectivity index is 1.63. The normalized spacial score (nSPS) is 10.6. The summed E-state index contributed by atoms with van der Waals surface area (Å²) >= 11 is 6.15. The predicted molar refractivity (Wildman–Crippen MR) is 89.1 cm³/mol. The van der Waals surface area contributed by atoms with E-state index in [1.165, 1.54) is 11.1 Å². The number of methoxy groups -OCH3 is 1. The fraction of sp³-hybridized carbons (Fsp3) is 0.333. The van der Waals surface area contributed by atoms with E-state index >= 15 is 0 Å². The predicted octanol–water partition coefficient (Wildman–Crippen LogP) is 4.46. The van der Waals surface area contributed by atoms with Gasteiger partial charge in [0.15, 0.2) is 0 Å². The van der Waals surface area contributed by atoms with Gasteiger partial charge in [-0.15, -0.1) is 0 Å². The molecule has 0 bridgehead atoms. The highest BCUT2D eigenvalue weighted by Crippen LogP contribution is 2.17. The van der Waals surface area contributed by atoms with Gasteiger partial charge in [-0.25, -0.2) is 0 Å². The van der Waals surface area contributed by atoms with Crippen molar-refractivity contribution in [2.45, 2.75) is 25.8 Å². The van der Waals surface area contributed by atoms with Crippen molar-refractivity contribution in [3.63, 3.8) is 0 Å². The summed E-state index contributed by atoms with van der Waals surface area (Å²) in [5, 5.41) is 4.34. The number of halogens is 1. The number of nitrogens with one attached hydrogen (secondary N) is 1. The van der Waals surface area contributed by atoms with Crippen molar-refractivity contribution in [2.24, 2.45) is 0 Å². The van der Waals surface area contributed by atoms with Crippen LogP contribution in [0.15, 0.2) is 48.5 Å². The molecular formula is C18H22ClNO. The lowest BCUT2D eigenvalue weighted by atomic mass is 10.1.